The largest absolute Gasteiger partial charge is 0.497 e. The molecule has 1 fully saturated rings. The Hall–Kier alpha value is -4.83. The summed E-state index contributed by atoms with van der Waals surface area (Å²) in [5, 5.41) is 3.24. The van der Waals surface area contributed by atoms with Crippen LogP contribution in [0.1, 0.15) is 11.1 Å². The van der Waals surface area contributed by atoms with E-state index >= 15 is 0 Å². The molecule has 4 aromatic rings. The highest BCUT2D eigenvalue weighted by Gasteiger charge is 2.27. The van der Waals surface area contributed by atoms with E-state index in [1.165, 1.54) is 12.0 Å². The quantitative estimate of drug-likeness (QED) is 0.279. The van der Waals surface area contributed by atoms with Crippen LogP contribution in [-0.4, -0.2) is 56.6 Å². The number of hydrogen-bond acceptors (Lipinski definition) is 9. The number of para-hydroxylation sites is 1. The Morgan fingerprint density at radius 3 is 2.37 bits per heavy atom. The topological polar surface area (TPSA) is 98.3 Å². The van der Waals surface area contributed by atoms with Crippen molar-refractivity contribution in [2.24, 2.45) is 0 Å². The number of ether oxygens (including phenoxy) is 4. The summed E-state index contributed by atoms with van der Waals surface area (Å²) in [7, 11) is 3.10. The first kappa shape index (κ1) is 27.7. The first-order valence-corrected chi connectivity index (χ1v) is 13.3. The summed E-state index contributed by atoms with van der Waals surface area (Å²) in [6.45, 7) is 6.96. The molecule has 212 valence electrons. The maximum atomic E-state index is 13.8. The summed E-state index contributed by atoms with van der Waals surface area (Å²) in [4.78, 5) is 26.5. The van der Waals surface area contributed by atoms with Gasteiger partial charge in [0, 0.05) is 42.8 Å². The molecule has 0 atom stereocenters. The Labute approximate surface area is 239 Å². The molecule has 41 heavy (non-hydrogen) atoms. The smallest absolute Gasteiger partial charge is 0.425 e. The second kappa shape index (κ2) is 12.6. The molecular formula is C31H33N5O5. The third-order valence-electron chi connectivity index (χ3n) is 6.78. The van der Waals surface area contributed by atoms with Crippen LogP contribution in [0.15, 0.2) is 72.9 Å². The SMILES string of the molecule is COc1ccc(N(C(=O)Oc2c(C)cccc2C)c2ccnc(Nc3ccc(N4CCOCC4)cc3)n2)c(OC)c1. The zero-order valence-electron chi connectivity index (χ0n) is 23.6. The van der Waals surface area contributed by atoms with Crippen LogP contribution < -0.4 is 29.3 Å². The number of nitrogens with zero attached hydrogens (tertiary/aromatic N) is 4. The highest BCUT2D eigenvalue weighted by molar-refractivity contribution is 5.98. The van der Waals surface area contributed by atoms with E-state index in [9.17, 15) is 4.79 Å². The third-order valence-corrected chi connectivity index (χ3v) is 6.78. The minimum atomic E-state index is -0.648. The Balaban J connectivity index is 1.46. The average molecular weight is 556 g/mol. The molecule has 0 bridgehead atoms. The lowest BCUT2D eigenvalue weighted by molar-refractivity contribution is 0.122. The van der Waals surface area contributed by atoms with Gasteiger partial charge in [0.1, 0.15) is 23.1 Å². The Bertz CT molecular complexity index is 1490. The van der Waals surface area contributed by atoms with Crippen molar-refractivity contribution in [2.75, 3.05) is 55.6 Å². The number of amides is 1. The zero-order valence-corrected chi connectivity index (χ0v) is 23.6. The van der Waals surface area contributed by atoms with E-state index in [0.29, 0.717) is 34.7 Å². The normalized spacial score (nSPS) is 12.9. The Kier molecular flexibility index (Phi) is 8.50. The number of aryl methyl sites for hydroxylation is 2. The highest BCUT2D eigenvalue weighted by atomic mass is 16.6. The lowest BCUT2D eigenvalue weighted by Crippen LogP contribution is -2.36. The van der Waals surface area contributed by atoms with Gasteiger partial charge in [0.2, 0.25) is 5.95 Å². The summed E-state index contributed by atoms with van der Waals surface area (Å²) in [5.41, 5.74) is 4.05. The third kappa shape index (κ3) is 6.33. The fraction of sp³-hybridized carbons (Fsp3) is 0.258. The van der Waals surface area contributed by atoms with Gasteiger partial charge in [-0.2, -0.15) is 4.98 Å². The number of benzene rings is 3. The van der Waals surface area contributed by atoms with Crippen molar-refractivity contribution in [3.8, 4) is 17.2 Å². The van der Waals surface area contributed by atoms with E-state index in [4.69, 9.17) is 18.9 Å². The summed E-state index contributed by atoms with van der Waals surface area (Å²) >= 11 is 0. The molecule has 1 aromatic heterocycles. The number of rotatable bonds is 8. The van der Waals surface area contributed by atoms with Gasteiger partial charge in [-0.25, -0.2) is 14.7 Å². The summed E-state index contributed by atoms with van der Waals surface area (Å²) in [6.07, 6.45) is 0.938. The highest BCUT2D eigenvalue weighted by Crippen LogP contribution is 2.37. The molecule has 2 heterocycles. The molecule has 10 nitrogen and oxygen atoms in total. The number of methoxy groups -OCH3 is 2. The molecule has 10 heteroatoms. The van der Waals surface area contributed by atoms with Crippen molar-refractivity contribution >= 4 is 34.9 Å². The number of carbonyl (C=O) groups excluding carboxylic acids is 1. The maximum Gasteiger partial charge on any atom is 0.425 e. The number of morpholine rings is 1. The van der Waals surface area contributed by atoms with E-state index in [1.807, 2.05) is 56.3 Å². The van der Waals surface area contributed by atoms with Crippen molar-refractivity contribution in [2.45, 2.75) is 13.8 Å². The van der Waals surface area contributed by atoms with Gasteiger partial charge >= 0.3 is 6.09 Å². The molecule has 1 N–H and O–H groups in total. The van der Waals surface area contributed by atoms with E-state index in [0.717, 1.165) is 48.8 Å². The number of carbonyl (C=O) groups is 1. The van der Waals surface area contributed by atoms with Crippen LogP contribution in [0.3, 0.4) is 0 Å². The molecule has 1 amide bonds. The average Bonchev–Trinajstić information content (AvgIpc) is 3.00. The van der Waals surface area contributed by atoms with Crippen LogP contribution in [0, 0.1) is 13.8 Å². The van der Waals surface area contributed by atoms with Gasteiger partial charge < -0.3 is 29.2 Å². The minimum Gasteiger partial charge on any atom is -0.497 e. The lowest BCUT2D eigenvalue weighted by Gasteiger charge is -2.28. The summed E-state index contributed by atoms with van der Waals surface area (Å²) < 4.78 is 22.4. The minimum absolute atomic E-state index is 0.298. The van der Waals surface area contributed by atoms with Crippen LogP contribution >= 0.6 is 0 Å². The van der Waals surface area contributed by atoms with Crippen LogP contribution in [0.2, 0.25) is 0 Å². The van der Waals surface area contributed by atoms with Crippen molar-refractivity contribution < 1.29 is 23.7 Å². The molecule has 0 unspecified atom stereocenters. The molecule has 1 saturated heterocycles. The van der Waals surface area contributed by atoms with E-state index in [1.54, 1.807) is 37.6 Å². The molecule has 3 aromatic carbocycles. The van der Waals surface area contributed by atoms with Crippen molar-refractivity contribution in [3.05, 3.63) is 84.1 Å². The first-order chi connectivity index (χ1) is 20.0. The van der Waals surface area contributed by atoms with Gasteiger partial charge in [0.05, 0.1) is 33.1 Å². The molecule has 1 aliphatic heterocycles. The Morgan fingerprint density at radius 1 is 0.951 bits per heavy atom. The van der Waals surface area contributed by atoms with Gasteiger partial charge in [-0.1, -0.05) is 18.2 Å². The van der Waals surface area contributed by atoms with Crippen LogP contribution in [0.5, 0.6) is 17.2 Å². The molecule has 1 aliphatic rings. The molecule has 0 saturated carbocycles. The fourth-order valence-corrected chi connectivity index (χ4v) is 4.62. The predicted octanol–water partition coefficient (Wildman–Crippen LogP) is 6.03. The molecular weight excluding hydrogens is 522 g/mol. The summed E-state index contributed by atoms with van der Waals surface area (Å²) in [6, 6.07) is 20.6. The number of aromatic nitrogens is 2. The molecule has 5 rings (SSSR count). The van der Waals surface area contributed by atoms with Crippen molar-refractivity contribution in [3.63, 3.8) is 0 Å². The second-order valence-corrected chi connectivity index (χ2v) is 9.47. The molecule has 0 aliphatic carbocycles. The molecule has 0 spiro atoms. The number of hydrogen-bond donors (Lipinski definition) is 1. The molecule has 0 radical (unpaired) electrons. The maximum absolute atomic E-state index is 13.8. The van der Waals surface area contributed by atoms with Crippen molar-refractivity contribution in [1.29, 1.82) is 0 Å². The van der Waals surface area contributed by atoms with Crippen LogP contribution in [0.4, 0.5) is 33.6 Å². The van der Waals surface area contributed by atoms with Crippen LogP contribution in [-0.2, 0) is 4.74 Å². The van der Waals surface area contributed by atoms with Crippen LogP contribution in [0.25, 0.3) is 0 Å². The lowest BCUT2D eigenvalue weighted by atomic mass is 10.1. The van der Waals surface area contributed by atoms with Gasteiger partial charge in [-0.05, 0) is 61.4 Å². The summed E-state index contributed by atoms with van der Waals surface area (Å²) in [5.74, 6) is 2.10. The van der Waals surface area contributed by atoms with Gasteiger partial charge in [0.15, 0.2) is 0 Å². The zero-order chi connectivity index (χ0) is 28.8. The van der Waals surface area contributed by atoms with Crippen molar-refractivity contribution in [1.82, 2.24) is 9.97 Å². The van der Waals surface area contributed by atoms with Gasteiger partial charge in [0.25, 0.3) is 0 Å². The first-order valence-electron chi connectivity index (χ1n) is 13.3. The number of nitrogens with one attached hydrogen (secondary N) is 1. The Morgan fingerprint density at radius 2 is 1.68 bits per heavy atom. The second-order valence-electron chi connectivity index (χ2n) is 9.47. The van der Waals surface area contributed by atoms with E-state index < -0.39 is 6.09 Å². The van der Waals surface area contributed by atoms with Gasteiger partial charge in [-0.3, -0.25) is 0 Å². The van der Waals surface area contributed by atoms with Gasteiger partial charge in [-0.15, -0.1) is 0 Å². The number of anilines is 5. The van der Waals surface area contributed by atoms with E-state index in [2.05, 4.69) is 20.2 Å². The fourth-order valence-electron chi connectivity index (χ4n) is 4.62. The monoisotopic (exact) mass is 555 g/mol. The van der Waals surface area contributed by atoms with E-state index in [-0.39, 0.29) is 0 Å². The standard InChI is InChI=1S/C31H33N5O5/c1-21-6-5-7-22(2)29(21)41-31(37)36(26-13-12-25(38-3)20-27(26)39-4)28-14-15-32-30(34-28)33-23-8-10-24(11-9-23)35-16-18-40-19-17-35/h5-15,20H,16-19H2,1-4H3,(H,32,33,34). The predicted molar refractivity (Wildman–Crippen MR) is 158 cm³/mol.